The van der Waals surface area contributed by atoms with Crippen LogP contribution in [0.25, 0.3) is 0 Å². The molecule has 1 aliphatic rings. The fraction of sp³-hybridized carbons (Fsp3) is 0.900. The Morgan fingerprint density at radius 2 is 2.12 bits per heavy atom. The Kier molecular flexibility index (Phi) is 9.47. The molecule has 1 aliphatic heterocycles. The minimum absolute atomic E-state index is 0.0959. The van der Waals surface area contributed by atoms with Crippen molar-refractivity contribution in [3.63, 3.8) is 0 Å². The summed E-state index contributed by atoms with van der Waals surface area (Å²) in [4.78, 5) is 10.4. The van der Waals surface area contributed by atoms with Crippen molar-refractivity contribution in [2.75, 3.05) is 19.8 Å². The van der Waals surface area contributed by atoms with E-state index in [1.165, 1.54) is 0 Å². The van der Waals surface area contributed by atoms with Crippen LogP contribution in [-0.2, 0) is 9.47 Å². The summed E-state index contributed by atoms with van der Waals surface area (Å²) in [6.45, 7) is 2.21. The maximum atomic E-state index is 10.4. The average molecular weight is 268 g/mol. The molecular weight excluding hydrogens is 248 g/mol. The fourth-order valence-electron chi connectivity index (χ4n) is 1.20. The number of carbonyl (C=O) groups excluding carboxylic acids is 1. The monoisotopic (exact) mass is 268 g/mol. The number of carbonyl (C=O) groups is 1. The standard InChI is InChI=1S/C7H12O5S.C3H8O/c8-2-4-1-5(9)6(3-11-4)12-7(10)13;1-2-3-4/h4-6,8-9H,1-3H2,(H,10,13);4H,2-3H2,1H3. The van der Waals surface area contributed by atoms with Crippen molar-refractivity contribution in [1.82, 2.24) is 0 Å². The summed E-state index contributed by atoms with van der Waals surface area (Å²) in [6.07, 6.45) is -0.693. The van der Waals surface area contributed by atoms with Crippen molar-refractivity contribution in [3.8, 4) is 0 Å². The Labute approximate surface area is 106 Å². The largest absolute Gasteiger partial charge is 0.449 e. The SMILES string of the molecule is CCCO.O=C(S)OC1COC(CO)CC1O. The lowest BCUT2D eigenvalue weighted by Gasteiger charge is -2.31. The number of rotatable bonds is 3. The summed E-state index contributed by atoms with van der Waals surface area (Å²) < 4.78 is 9.75. The van der Waals surface area contributed by atoms with Crippen LogP contribution in [0, 0.1) is 0 Å². The van der Waals surface area contributed by atoms with Gasteiger partial charge in [0.15, 0.2) is 6.10 Å². The van der Waals surface area contributed by atoms with E-state index < -0.39 is 17.5 Å². The molecule has 0 spiro atoms. The number of hydrogen-bond donors (Lipinski definition) is 4. The van der Waals surface area contributed by atoms with Crippen molar-refractivity contribution >= 4 is 17.9 Å². The second kappa shape index (κ2) is 9.67. The second-order valence-electron chi connectivity index (χ2n) is 3.59. The third kappa shape index (κ3) is 7.56. The van der Waals surface area contributed by atoms with Crippen LogP contribution in [0.4, 0.5) is 4.79 Å². The molecule has 0 aromatic carbocycles. The lowest BCUT2D eigenvalue weighted by molar-refractivity contribution is -0.129. The Bertz CT molecular complexity index is 211. The highest BCUT2D eigenvalue weighted by Crippen LogP contribution is 2.17. The van der Waals surface area contributed by atoms with Gasteiger partial charge in [0.2, 0.25) is 0 Å². The molecule has 3 unspecified atom stereocenters. The van der Waals surface area contributed by atoms with Crippen LogP contribution in [0.1, 0.15) is 19.8 Å². The van der Waals surface area contributed by atoms with Crippen LogP contribution in [0.5, 0.6) is 0 Å². The lowest BCUT2D eigenvalue weighted by Crippen LogP contribution is -2.44. The summed E-state index contributed by atoms with van der Waals surface area (Å²) >= 11 is 3.42. The summed E-state index contributed by atoms with van der Waals surface area (Å²) in [6, 6.07) is 0. The molecule has 0 aliphatic carbocycles. The number of thiol groups is 1. The van der Waals surface area contributed by atoms with E-state index in [1.54, 1.807) is 0 Å². The molecule has 1 fully saturated rings. The lowest BCUT2D eigenvalue weighted by atomic mass is 10.0. The van der Waals surface area contributed by atoms with Gasteiger partial charge in [-0.1, -0.05) is 19.6 Å². The van der Waals surface area contributed by atoms with Gasteiger partial charge in [0.1, 0.15) is 0 Å². The molecule has 0 aromatic heterocycles. The van der Waals surface area contributed by atoms with Gasteiger partial charge in [-0.2, -0.15) is 0 Å². The van der Waals surface area contributed by atoms with Gasteiger partial charge >= 0.3 is 5.30 Å². The first-order valence-corrected chi connectivity index (χ1v) is 5.90. The molecule has 1 heterocycles. The molecule has 0 aromatic rings. The highest BCUT2D eigenvalue weighted by molar-refractivity contribution is 7.96. The van der Waals surface area contributed by atoms with Crippen LogP contribution >= 0.6 is 12.6 Å². The van der Waals surface area contributed by atoms with E-state index in [2.05, 4.69) is 17.4 Å². The van der Waals surface area contributed by atoms with E-state index in [1.807, 2.05) is 6.92 Å². The predicted molar refractivity (Wildman–Crippen MR) is 64.1 cm³/mol. The minimum atomic E-state index is -0.790. The molecule has 0 bridgehead atoms. The molecule has 1 saturated heterocycles. The first-order valence-electron chi connectivity index (χ1n) is 5.46. The molecule has 0 radical (unpaired) electrons. The first kappa shape index (κ1) is 16.7. The van der Waals surface area contributed by atoms with Crippen LogP contribution in [0.2, 0.25) is 0 Å². The zero-order valence-electron chi connectivity index (χ0n) is 9.78. The molecule has 6 nitrogen and oxygen atoms in total. The predicted octanol–water partition coefficient (Wildman–Crippen LogP) is -0.0478. The summed E-state index contributed by atoms with van der Waals surface area (Å²) in [7, 11) is 0. The highest BCUT2D eigenvalue weighted by Gasteiger charge is 2.31. The van der Waals surface area contributed by atoms with E-state index >= 15 is 0 Å². The van der Waals surface area contributed by atoms with Crippen molar-refractivity contribution < 1.29 is 29.6 Å². The van der Waals surface area contributed by atoms with Crippen molar-refractivity contribution in [2.45, 2.75) is 38.1 Å². The van der Waals surface area contributed by atoms with Gasteiger partial charge in [0.05, 0.1) is 25.4 Å². The zero-order valence-corrected chi connectivity index (χ0v) is 10.7. The number of hydrogen-bond acceptors (Lipinski definition) is 6. The van der Waals surface area contributed by atoms with Crippen molar-refractivity contribution in [1.29, 1.82) is 0 Å². The normalized spacial score (nSPS) is 27.9. The highest BCUT2D eigenvalue weighted by atomic mass is 32.1. The van der Waals surface area contributed by atoms with Crippen LogP contribution < -0.4 is 0 Å². The second-order valence-corrected chi connectivity index (χ2v) is 3.95. The van der Waals surface area contributed by atoms with E-state index in [-0.39, 0.29) is 25.7 Å². The third-order valence-corrected chi connectivity index (χ3v) is 2.21. The average Bonchev–Trinajstić information content (AvgIpc) is 2.31. The van der Waals surface area contributed by atoms with Gasteiger partial charge in [-0.25, -0.2) is 4.79 Å². The molecule has 17 heavy (non-hydrogen) atoms. The van der Waals surface area contributed by atoms with Crippen LogP contribution in [0.3, 0.4) is 0 Å². The molecule has 0 saturated carbocycles. The Balaban J connectivity index is 0.000000557. The Morgan fingerprint density at radius 3 is 2.47 bits per heavy atom. The summed E-state index contributed by atoms with van der Waals surface area (Å²) in [5.74, 6) is 0. The molecule has 0 amide bonds. The summed E-state index contributed by atoms with van der Waals surface area (Å²) in [5.41, 5.74) is 0. The Morgan fingerprint density at radius 1 is 1.53 bits per heavy atom. The number of aliphatic hydroxyl groups is 3. The van der Waals surface area contributed by atoms with E-state index in [0.717, 1.165) is 6.42 Å². The first-order chi connectivity index (χ1) is 8.04. The molecule has 1 rings (SSSR count). The third-order valence-electron chi connectivity index (χ3n) is 2.11. The van der Waals surface area contributed by atoms with Gasteiger partial charge in [0, 0.05) is 13.0 Å². The van der Waals surface area contributed by atoms with Gasteiger partial charge in [-0.15, -0.1) is 0 Å². The van der Waals surface area contributed by atoms with Crippen LogP contribution in [-0.4, -0.2) is 58.8 Å². The van der Waals surface area contributed by atoms with E-state index in [0.29, 0.717) is 6.61 Å². The van der Waals surface area contributed by atoms with Crippen molar-refractivity contribution in [2.24, 2.45) is 0 Å². The quantitative estimate of drug-likeness (QED) is 0.423. The van der Waals surface area contributed by atoms with Gasteiger partial charge < -0.3 is 24.8 Å². The molecule has 3 N–H and O–H groups in total. The van der Waals surface area contributed by atoms with Crippen molar-refractivity contribution in [3.05, 3.63) is 0 Å². The van der Waals surface area contributed by atoms with E-state index in [9.17, 15) is 9.90 Å². The van der Waals surface area contributed by atoms with Gasteiger partial charge in [0.25, 0.3) is 0 Å². The Hall–Kier alpha value is -0.340. The molecule has 3 atom stereocenters. The minimum Gasteiger partial charge on any atom is -0.449 e. The fourth-order valence-corrected chi connectivity index (χ4v) is 1.34. The molecule has 7 heteroatoms. The van der Waals surface area contributed by atoms with Crippen LogP contribution in [0.15, 0.2) is 0 Å². The molecular formula is C10H20O6S. The maximum absolute atomic E-state index is 10.4. The smallest absolute Gasteiger partial charge is 0.364 e. The molecule has 102 valence electrons. The maximum Gasteiger partial charge on any atom is 0.364 e. The van der Waals surface area contributed by atoms with Gasteiger partial charge in [-0.05, 0) is 6.42 Å². The number of aliphatic hydroxyl groups excluding tert-OH is 3. The number of ether oxygens (including phenoxy) is 2. The van der Waals surface area contributed by atoms with E-state index in [4.69, 9.17) is 14.9 Å². The van der Waals surface area contributed by atoms with Gasteiger partial charge in [-0.3, -0.25) is 0 Å². The summed E-state index contributed by atoms with van der Waals surface area (Å²) in [5, 5.41) is 25.3. The zero-order chi connectivity index (χ0) is 13.3. The topological polar surface area (TPSA) is 96.2 Å².